The van der Waals surface area contributed by atoms with Gasteiger partial charge in [-0.05, 0) is 54.4 Å². The molecule has 0 aliphatic carbocycles. The fraction of sp³-hybridized carbons (Fsp3) is 1.00. The van der Waals surface area contributed by atoms with Crippen molar-refractivity contribution in [2.24, 2.45) is 5.41 Å². The molecule has 45 heavy (non-hydrogen) atoms. The molecule has 0 bridgehead atoms. The van der Waals surface area contributed by atoms with Gasteiger partial charge in [-0.3, -0.25) is 0 Å². The second-order valence-electron chi connectivity index (χ2n) is 13.3. The highest BCUT2D eigenvalue weighted by Gasteiger charge is 2.33. The summed E-state index contributed by atoms with van der Waals surface area (Å²) in [7, 11) is 0. The first-order valence-electron chi connectivity index (χ1n) is 18.9. The number of hydrogen-bond acceptors (Lipinski definition) is 4. The molecular weight excluding hydrogens is 696 g/mol. The molecule has 0 spiro atoms. The maximum Gasteiger partial charge on any atom is 0.102 e. The number of ether oxygens (including phenoxy) is 4. The zero-order valence-corrected chi connectivity index (χ0v) is 34.8. The second kappa shape index (κ2) is 33.2. The summed E-state index contributed by atoms with van der Waals surface area (Å²) in [5.41, 5.74) is -0.273. The Morgan fingerprint density at radius 2 is 0.622 bits per heavy atom. The van der Waals surface area contributed by atoms with Gasteiger partial charge in [-0.15, -0.1) is 0 Å². The molecule has 0 aromatic carbocycles. The van der Waals surface area contributed by atoms with E-state index in [9.17, 15) is 0 Å². The number of nitrogens with zero attached hydrogens (tertiary/aromatic N) is 2. The van der Waals surface area contributed by atoms with Crippen molar-refractivity contribution in [1.82, 2.24) is 0 Å². The van der Waals surface area contributed by atoms with Crippen LogP contribution in [-0.4, -0.2) is 114 Å². The normalized spacial score (nSPS) is 12.3. The SMILES string of the molecule is CCCCCCCCOCC(COCCCCCCCC)(COCC[N+](CC)(CC)CC)COCC[N+](CC)(CC)CC.[Br-].[Br-]. The fourth-order valence-corrected chi connectivity index (χ4v) is 6.18. The molecular formula is C37H80Br2N2O4. The Bertz CT molecular complexity index is 526. The summed E-state index contributed by atoms with van der Waals surface area (Å²) < 4.78 is 28.0. The highest BCUT2D eigenvalue weighted by Crippen LogP contribution is 2.22. The quantitative estimate of drug-likeness (QED) is 0.0745. The molecule has 0 aromatic rings. The summed E-state index contributed by atoms with van der Waals surface area (Å²) in [4.78, 5) is 0. The standard InChI is InChI=1S/C37H80N2O4.2BrH/c1-9-17-19-21-23-25-29-40-33-37(34-41-30-26-24-22-20-18-10-2,35-42-31-27-38(11-3,12-4)13-5)36-43-32-28-39(14-6,15-7)16-8;;/h9-36H2,1-8H3;2*1H/q+2;;/p-2. The molecule has 0 unspecified atom stereocenters. The highest BCUT2D eigenvalue weighted by atomic mass is 79.9. The molecule has 8 heteroatoms. The lowest BCUT2D eigenvalue weighted by molar-refractivity contribution is -0.923. The van der Waals surface area contributed by atoms with E-state index in [1.807, 2.05) is 0 Å². The van der Waals surface area contributed by atoms with E-state index in [0.717, 1.165) is 101 Å². The first kappa shape index (κ1) is 50.1. The minimum atomic E-state index is -0.273. The molecule has 0 saturated heterocycles. The topological polar surface area (TPSA) is 36.9 Å². The minimum Gasteiger partial charge on any atom is -1.00 e. The average molecular weight is 777 g/mol. The van der Waals surface area contributed by atoms with Crippen molar-refractivity contribution in [3.63, 3.8) is 0 Å². The van der Waals surface area contributed by atoms with Crippen molar-refractivity contribution in [3.8, 4) is 0 Å². The molecule has 0 aliphatic heterocycles. The van der Waals surface area contributed by atoms with Crippen LogP contribution in [0, 0.1) is 5.41 Å². The number of rotatable bonds is 34. The summed E-state index contributed by atoms with van der Waals surface area (Å²) in [6.45, 7) is 33.1. The maximum absolute atomic E-state index is 6.51. The predicted molar refractivity (Wildman–Crippen MR) is 186 cm³/mol. The second-order valence-corrected chi connectivity index (χ2v) is 13.3. The maximum atomic E-state index is 6.51. The predicted octanol–water partition coefficient (Wildman–Crippen LogP) is 2.52. The Balaban J connectivity index is -0.00000882. The van der Waals surface area contributed by atoms with Crippen molar-refractivity contribution in [3.05, 3.63) is 0 Å². The van der Waals surface area contributed by atoms with Crippen molar-refractivity contribution in [2.75, 3.05) is 105 Å². The van der Waals surface area contributed by atoms with Gasteiger partial charge in [-0.2, -0.15) is 0 Å². The van der Waals surface area contributed by atoms with E-state index < -0.39 is 0 Å². The Morgan fingerprint density at radius 3 is 0.911 bits per heavy atom. The zero-order valence-electron chi connectivity index (χ0n) is 31.6. The fourth-order valence-electron chi connectivity index (χ4n) is 6.18. The van der Waals surface area contributed by atoms with E-state index in [2.05, 4.69) is 55.4 Å². The first-order chi connectivity index (χ1) is 20.9. The lowest BCUT2D eigenvalue weighted by Gasteiger charge is -2.38. The van der Waals surface area contributed by atoms with Crippen LogP contribution in [0.15, 0.2) is 0 Å². The van der Waals surface area contributed by atoms with Gasteiger partial charge in [0.15, 0.2) is 0 Å². The molecule has 0 fully saturated rings. The van der Waals surface area contributed by atoms with Gasteiger partial charge in [-0.25, -0.2) is 0 Å². The van der Waals surface area contributed by atoms with E-state index in [4.69, 9.17) is 18.9 Å². The van der Waals surface area contributed by atoms with Crippen molar-refractivity contribution < 1.29 is 61.9 Å². The molecule has 6 nitrogen and oxygen atoms in total. The van der Waals surface area contributed by atoms with Gasteiger partial charge in [-0.1, -0.05) is 78.1 Å². The van der Waals surface area contributed by atoms with Crippen molar-refractivity contribution in [2.45, 2.75) is 132 Å². The number of likely N-dealkylation sites (N-methyl/N-ethyl adjacent to an activating group) is 2. The van der Waals surface area contributed by atoms with E-state index in [1.165, 1.54) is 64.2 Å². The number of hydrogen-bond donors (Lipinski definition) is 0. The average Bonchev–Trinajstić information content (AvgIpc) is 3.04. The third kappa shape index (κ3) is 23.7. The zero-order chi connectivity index (χ0) is 32.1. The lowest BCUT2D eigenvalue weighted by atomic mass is 9.92. The summed E-state index contributed by atoms with van der Waals surface area (Å²) >= 11 is 0. The van der Waals surface area contributed by atoms with Crippen LogP contribution in [-0.2, 0) is 18.9 Å². The van der Waals surface area contributed by atoms with E-state index >= 15 is 0 Å². The number of quaternary nitrogens is 2. The minimum absolute atomic E-state index is 0. The van der Waals surface area contributed by atoms with E-state index in [1.54, 1.807) is 0 Å². The Morgan fingerprint density at radius 1 is 0.356 bits per heavy atom. The van der Waals surface area contributed by atoms with Crippen LogP contribution in [0.2, 0.25) is 0 Å². The van der Waals surface area contributed by atoms with Gasteiger partial charge in [0.25, 0.3) is 0 Å². The highest BCUT2D eigenvalue weighted by molar-refractivity contribution is 4.79. The van der Waals surface area contributed by atoms with Crippen LogP contribution < -0.4 is 34.0 Å². The Hall–Kier alpha value is 0.720. The molecule has 0 aliphatic rings. The summed E-state index contributed by atoms with van der Waals surface area (Å²) in [5, 5.41) is 0. The van der Waals surface area contributed by atoms with E-state index in [-0.39, 0.29) is 39.4 Å². The molecule has 0 heterocycles. The van der Waals surface area contributed by atoms with Gasteiger partial charge in [0.05, 0.1) is 84.3 Å². The molecule has 276 valence electrons. The van der Waals surface area contributed by atoms with E-state index in [0.29, 0.717) is 26.4 Å². The first-order valence-corrected chi connectivity index (χ1v) is 18.9. The molecule has 0 aromatic heterocycles. The van der Waals surface area contributed by atoms with Gasteiger partial charge in [0.1, 0.15) is 13.1 Å². The summed E-state index contributed by atoms with van der Waals surface area (Å²) in [5.74, 6) is 0. The van der Waals surface area contributed by atoms with Crippen molar-refractivity contribution in [1.29, 1.82) is 0 Å². The number of unbranched alkanes of at least 4 members (excludes halogenated alkanes) is 10. The molecule has 0 rings (SSSR count). The monoisotopic (exact) mass is 774 g/mol. The van der Waals surface area contributed by atoms with Crippen LogP contribution in [0.4, 0.5) is 0 Å². The largest absolute Gasteiger partial charge is 1.00 e. The van der Waals surface area contributed by atoms with Gasteiger partial charge in [0.2, 0.25) is 0 Å². The summed E-state index contributed by atoms with van der Waals surface area (Å²) in [6, 6.07) is 0. The van der Waals surface area contributed by atoms with Crippen molar-refractivity contribution >= 4 is 0 Å². The van der Waals surface area contributed by atoms with Gasteiger partial charge in [0, 0.05) is 13.2 Å². The molecule has 0 N–H and O–H groups in total. The van der Waals surface area contributed by atoms with Crippen LogP contribution in [0.25, 0.3) is 0 Å². The van der Waals surface area contributed by atoms with Gasteiger partial charge < -0.3 is 61.9 Å². The Labute approximate surface area is 303 Å². The third-order valence-electron chi connectivity index (χ3n) is 10.4. The number of halogens is 2. The molecule has 0 atom stereocenters. The van der Waals surface area contributed by atoms with Crippen LogP contribution in [0.3, 0.4) is 0 Å². The lowest BCUT2D eigenvalue weighted by Crippen LogP contribution is -3.00. The van der Waals surface area contributed by atoms with Gasteiger partial charge >= 0.3 is 0 Å². The Kier molecular flexibility index (Phi) is 37.0. The molecule has 0 saturated carbocycles. The smallest absolute Gasteiger partial charge is 0.102 e. The third-order valence-corrected chi connectivity index (χ3v) is 10.4. The van der Waals surface area contributed by atoms with Crippen LogP contribution in [0.1, 0.15) is 132 Å². The molecule has 0 amide bonds. The van der Waals surface area contributed by atoms with Crippen LogP contribution >= 0.6 is 0 Å². The van der Waals surface area contributed by atoms with Crippen LogP contribution in [0.5, 0.6) is 0 Å². The summed E-state index contributed by atoms with van der Waals surface area (Å²) in [6.07, 6.45) is 15.4. The molecule has 0 radical (unpaired) electrons.